The minimum atomic E-state index is -0.404. The predicted octanol–water partition coefficient (Wildman–Crippen LogP) is 2.23. The van der Waals surface area contributed by atoms with Crippen molar-refractivity contribution in [2.75, 3.05) is 19.6 Å². The van der Waals surface area contributed by atoms with Crippen molar-refractivity contribution in [3.8, 4) is 0 Å². The molecule has 1 heterocycles. The maximum Gasteiger partial charge on any atom is 0.127 e. The monoisotopic (exact) mass is 253 g/mol. The molecule has 104 valence electrons. The van der Waals surface area contributed by atoms with E-state index in [-0.39, 0.29) is 5.41 Å². The van der Waals surface area contributed by atoms with Crippen molar-refractivity contribution in [1.29, 1.82) is 0 Å². The molecule has 0 aromatic rings. The van der Waals surface area contributed by atoms with Crippen LogP contribution in [0.2, 0.25) is 0 Å². The van der Waals surface area contributed by atoms with Crippen molar-refractivity contribution in [2.24, 2.45) is 11.3 Å². The number of hydrogen-bond acceptors (Lipinski definition) is 3. The standard InChI is InChI=1S/C15H27NO2/c1-3-14(2,12-17)11-16-9-8-15(18)7-5-4-6-13(15)10-16/h12-13,18H,3-11H2,1-2H3. The number of rotatable bonds is 4. The first-order valence-electron chi connectivity index (χ1n) is 7.42. The van der Waals surface area contributed by atoms with Crippen molar-refractivity contribution in [2.45, 2.75) is 58.0 Å². The molecule has 0 aromatic carbocycles. The molecule has 0 aromatic heterocycles. The summed E-state index contributed by atoms with van der Waals surface area (Å²) in [5.41, 5.74) is -0.622. The molecule has 0 amide bonds. The number of aliphatic hydroxyl groups is 1. The molecule has 18 heavy (non-hydrogen) atoms. The Bertz CT molecular complexity index is 307. The third-order valence-electron chi connectivity index (χ3n) is 5.19. The SMILES string of the molecule is CCC(C)(C=O)CN1CCC2(O)CCCCC2C1. The van der Waals surface area contributed by atoms with Crippen LogP contribution in [-0.2, 0) is 4.79 Å². The smallest absolute Gasteiger partial charge is 0.127 e. The Kier molecular flexibility index (Phi) is 4.12. The van der Waals surface area contributed by atoms with E-state index in [2.05, 4.69) is 11.8 Å². The molecule has 2 rings (SSSR count). The molecule has 1 aliphatic carbocycles. The molecule has 2 fully saturated rings. The van der Waals surface area contributed by atoms with E-state index in [1.807, 2.05) is 6.92 Å². The third kappa shape index (κ3) is 2.77. The summed E-state index contributed by atoms with van der Waals surface area (Å²) in [6, 6.07) is 0. The lowest BCUT2D eigenvalue weighted by Crippen LogP contribution is -2.55. The van der Waals surface area contributed by atoms with E-state index < -0.39 is 5.60 Å². The van der Waals surface area contributed by atoms with Crippen LogP contribution in [0.15, 0.2) is 0 Å². The average Bonchev–Trinajstić information content (AvgIpc) is 2.39. The first kappa shape index (κ1) is 14.0. The zero-order chi connectivity index (χ0) is 13.2. The summed E-state index contributed by atoms with van der Waals surface area (Å²) in [5, 5.41) is 10.6. The lowest BCUT2D eigenvalue weighted by Gasteiger charge is -2.48. The van der Waals surface area contributed by atoms with Crippen LogP contribution in [0.4, 0.5) is 0 Å². The molecule has 0 radical (unpaired) electrons. The van der Waals surface area contributed by atoms with Gasteiger partial charge in [0.15, 0.2) is 0 Å². The highest BCUT2D eigenvalue weighted by molar-refractivity contribution is 5.58. The largest absolute Gasteiger partial charge is 0.390 e. The van der Waals surface area contributed by atoms with Crippen molar-refractivity contribution >= 4 is 6.29 Å². The second-order valence-corrected chi connectivity index (χ2v) is 6.66. The van der Waals surface area contributed by atoms with E-state index in [0.717, 1.165) is 51.6 Å². The van der Waals surface area contributed by atoms with E-state index in [9.17, 15) is 9.90 Å². The summed E-state index contributed by atoms with van der Waals surface area (Å²) < 4.78 is 0. The maximum absolute atomic E-state index is 11.2. The van der Waals surface area contributed by atoms with Crippen LogP contribution >= 0.6 is 0 Å². The van der Waals surface area contributed by atoms with Gasteiger partial charge in [-0.05, 0) is 25.7 Å². The van der Waals surface area contributed by atoms with Gasteiger partial charge in [-0.2, -0.15) is 0 Å². The molecular formula is C15H27NO2. The van der Waals surface area contributed by atoms with Gasteiger partial charge in [0, 0.05) is 31.0 Å². The lowest BCUT2D eigenvalue weighted by atomic mass is 9.71. The van der Waals surface area contributed by atoms with Crippen molar-refractivity contribution in [3.05, 3.63) is 0 Å². The van der Waals surface area contributed by atoms with Gasteiger partial charge >= 0.3 is 0 Å². The Balaban J connectivity index is 1.96. The van der Waals surface area contributed by atoms with Gasteiger partial charge in [0.05, 0.1) is 5.60 Å². The summed E-state index contributed by atoms with van der Waals surface area (Å²) in [5.74, 6) is 0.424. The van der Waals surface area contributed by atoms with E-state index in [4.69, 9.17) is 0 Å². The van der Waals surface area contributed by atoms with E-state index in [0.29, 0.717) is 5.92 Å². The average molecular weight is 253 g/mol. The first-order chi connectivity index (χ1) is 8.51. The maximum atomic E-state index is 11.2. The highest BCUT2D eigenvalue weighted by Crippen LogP contribution is 2.40. The summed E-state index contributed by atoms with van der Waals surface area (Å²) >= 11 is 0. The number of fused-ring (bicyclic) bond motifs is 1. The summed E-state index contributed by atoms with van der Waals surface area (Å²) in [6.07, 6.45) is 7.43. The highest BCUT2D eigenvalue weighted by atomic mass is 16.3. The van der Waals surface area contributed by atoms with Gasteiger partial charge in [0.2, 0.25) is 0 Å². The normalized spacial score (nSPS) is 36.7. The van der Waals surface area contributed by atoms with Crippen molar-refractivity contribution < 1.29 is 9.90 Å². The fourth-order valence-electron chi connectivity index (χ4n) is 3.53. The Hall–Kier alpha value is -0.410. The number of carbonyl (C=O) groups is 1. The van der Waals surface area contributed by atoms with Gasteiger partial charge in [-0.1, -0.05) is 26.7 Å². The summed E-state index contributed by atoms with van der Waals surface area (Å²) in [6.45, 7) is 6.88. The lowest BCUT2D eigenvalue weighted by molar-refractivity contribution is -0.120. The van der Waals surface area contributed by atoms with Gasteiger partial charge in [0.25, 0.3) is 0 Å². The van der Waals surface area contributed by atoms with Crippen LogP contribution < -0.4 is 0 Å². The van der Waals surface area contributed by atoms with Crippen LogP contribution in [0, 0.1) is 11.3 Å². The number of piperidine rings is 1. The summed E-state index contributed by atoms with van der Waals surface area (Å²) in [4.78, 5) is 13.6. The van der Waals surface area contributed by atoms with E-state index in [1.54, 1.807) is 0 Å². The zero-order valence-electron chi connectivity index (χ0n) is 11.8. The fraction of sp³-hybridized carbons (Fsp3) is 0.933. The van der Waals surface area contributed by atoms with Crippen LogP contribution in [-0.4, -0.2) is 41.5 Å². The molecule has 1 saturated heterocycles. The highest BCUT2D eigenvalue weighted by Gasteiger charge is 2.43. The molecule has 3 heteroatoms. The topological polar surface area (TPSA) is 40.5 Å². The quantitative estimate of drug-likeness (QED) is 0.781. The van der Waals surface area contributed by atoms with Crippen molar-refractivity contribution in [1.82, 2.24) is 4.90 Å². The fourth-order valence-corrected chi connectivity index (χ4v) is 3.53. The first-order valence-corrected chi connectivity index (χ1v) is 7.42. The van der Waals surface area contributed by atoms with Gasteiger partial charge < -0.3 is 14.8 Å². The minimum absolute atomic E-state index is 0.218. The minimum Gasteiger partial charge on any atom is -0.390 e. The summed E-state index contributed by atoms with van der Waals surface area (Å²) in [7, 11) is 0. The number of carbonyl (C=O) groups excluding carboxylic acids is 1. The number of likely N-dealkylation sites (tertiary alicyclic amines) is 1. The Morgan fingerprint density at radius 1 is 1.44 bits per heavy atom. The number of nitrogens with zero attached hydrogens (tertiary/aromatic N) is 1. The van der Waals surface area contributed by atoms with Crippen LogP contribution in [0.3, 0.4) is 0 Å². The predicted molar refractivity (Wildman–Crippen MR) is 72.4 cm³/mol. The number of aldehydes is 1. The number of hydrogen-bond donors (Lipinski definition) is 1. The molecular weight excluding hydrogens is 226 g/mol. The molecule has 3 unspecified atom stereocenters. The van der Waals surface area contributed by atoms with E-state index >= 15 is 0 Å². The van der Waals surface area contributed by atoms with Gasteiger partial charge in [0.1, 0.15) is 6.29 Å². The van der Waals surface area contributed by atoms with Gasteiger partial charge in [-0.25, -0.2) is 0 Å². The Morgan fingerprint density at radius 3 is 2.89 bits per heavy atom. The van der Waals surface area contributed by atoms with Gasteiger partial charge in [-0.3, -0.25) is 0 Å². The molecule has 2 aliphatic rings. The molecule has 1 N–H and O–H groups in total. The van der Waals surface area contributed by atoms with Gasteiger partial charge in [-0.15, -0.1) is 0 Å². The van der Waals surface area contributed by atoms with Crippen LogP contribution in [0.5, 0.6) is 0 Å². The van der Waals surface area contributed by atoms with Crippen LogP contribution in [0.25, 0.3) is 0 Å². The Labute approximate surface area is 111 Å². The molecule has 3 nitrogen and oxygen atoms in total. The van der Waals surface area contributed by atoms with Crippen LogP contribution in [0.1, 0.15) is 52.4 Å². The zero-order valence-corrected chi connectivity index (χ0v) is 11.8. The molecule has 1 saturated carbocycles. The second-order valence-electron chi connectivity index (χ2n) is 6.66. The molecule has 3 atom stereocenters. The third-order valence-corrected chi connectivity index (χ3v) is 5.19. The van der Waals surface area contributed by atoms with Crippen molar-refractivity contribution in [3.63, 3.8) is 0 Å². The Morgan fingerprint density at radius 2 is 2.22 bits per heavy atom. The van der Waals surface area contributed by atoms with E-state index in [1.165, 1.54) is 12.8 Å². The molecule has 0 spiro atoms. The molecule has 1 aliphatic heterocycles. The molecule has 0 bridgehead atoms. The second kappa shape index (κ2) is 5.30.